The first-order valence-electron chi connectivity index (χ1n) is 7.92. The number of thioether (sulfide) groups is 1. The third-order valence-corrected chi connectivity index (χ3v) is 4.69. The quantitative estimate of drug-likeness (QED) is 0.735. The van der Waals surface area contributed by atoms with E-state index in [1.807, 2.05) is 31.2 Å². The van der Waals surface area contributed by atoms with E-state index < -0.39 is 11.6 Å². The van der Waals surface area contributed by atoms with Crippen molar-refractivity contribution in [2.45, 2.75) is 6.92 Å². The molecule has 0 bridgehead atoms. The van der Waals surface area contributed by atoms with Crippen LogP contribution in [0.1, 0.15) is 12.5 Å². The second kappa shape index (κ2) is 7.70. The van der Waals surface area contributed by atoms with Crippen LogP contribution in [0.5, 0.6) is 5.75 Å². The average molecular weight is 374 g/mol. The van der Waals surface area contributed by atoms with Gasteiger partial charge in [-0.1, -0.05) is 18.2 Å². The number of aliphatic imine (C=N–C) groups is 1. The monoisotopic (exact) mass is 374 g/mol. The molecule has 0 unspecified atom stereocenters. The lowest BCUT2D eigenvalue weighted by Gasteiger charge is -2.08. The molecule has 4 nitrogen and oxygen atoms in total. The van der Waals surface area contributed by atoms with Crippen LogP contribution in [0, 0.1) is 11.6 Å². The Balaban J connectivity index is 1.93. The van der Waals surface area contributed by atoms with Crippen LogP contribution in [-0.2, 0) is 4.79 Å². The summed E-state index contributed by atoms with van der Waals surface area (Å²) < 4.78 is 32.4. The van der Waals surface area contributed by atoms with Crippen LogP contribution in [0.2, 0.25) is 0 Å². The van der Waals surface area contributed by atoms with Crippen molar-refractivity contribution in [3.63, 3.8) is 0 Å². The molecule has 0 aromatic heterocycles. The van der Waals surface area contributed by atoms with Gasteiger partial charge in [-0.2, -0.15) is 0 Å². The SMILES string of the molecule is CCOc1ccccc1/C=C1/SC(=Nc2ccc(F)cc2F)N(C)C1=O. The number of amides is 1. The molecule has 0 N–H and O–H groups in total. The Labute approximate surface area is 154 Å². The zero-order valence-electron chi connectivity index (χ0n) is 14.2. The van der Waals surface area contributed by atoms with Crippen molar-refractivity contribution in [2.75, 3.05) is 13.7 Å². The lowest BCUT2D eigenvalue weighted by atomic mass is 10.2. The first-order valence-corrected chi connectivity index (χ1v) is 8.74. The van der Waals surface area contributed by atoms with Crippen molar-refractivity contribution in [3.05, 3.63) is 64.6 Å². The summed E-state index contributed by atoms with van der Waals surface area (Å²) in [4.78, 5) is 18.4. The Kier molecular flexibility index (Phi) is 5.37. The van der Waals surface area contributed by atoms with Crippen molar-refractivity contribution < 1.29 is 18.3 Å². The van der Waals surface area contributed by atoms with Gasteiger partial charge in [0.25, 0.3) is 5.91 Å². The van der Waals surface area contributed by atoms with E-state index in [1.165, 1.54) is 11.0 Å². The summed E-state index contributed by atoms with van der Waals surface area (Å²) in [6, 6.07) is 10.5. The van der Waals surface area contributed by atoms with Crippen molar-refractivity contribution in [3.8, 4) is 5.75 Å². The average Bonchev–Trinajstić information content (AvgIpc) is 2.87. The van der Waals surface area contributed by atoms with Crippen LogP contribution in [-0.4, -0.2) is 29.6 Å². The molecule has 0 radical (unpaired) electrons. The molecule has 1 amide bonds. The van der Waals surface area contributed by atoms with Crippen LogP contribution in [0.15, 0.2) is 52.4 Å². The molecule has 1 aliphatic rings. The largest absolute Gasteiger partial charge is 0.493 e. The van der Waals surface area contributed by atoms with Gasteiger partial charge < -0.3 is 4.74 Å². The number of rotatable bonds is 4. The van der Waals surface area contributed by atoms with Crippen molar-refractivity contribution in [1.82, 2.24) is 4.90 Å². The predicted octanol–water partition coefficient (Wildman–Crippen LogP) is 4.60. The van der Waals surface area contributed by atoms with Gasteiger partial charge in [-0.25, -0.2) is 13.8 Å². The van der Waals surface area contributed by atoms with Crippen molar-refractivity contribution in [1.29, 1.82) is 0 Å². The van der Waals surface area contributed by atoms with Gasteiger partial charge in [-0.15, -0.1) is 0 Å². The number of halogens is 2. The lowest BCUT2D eigenvalue weighted by molar-refractivity contribution is -0.121. The van der Waals surface area contributed by atoms with Gasteiger partial charge in [0, 0.05) is 18.7 Å². The van der Waals surface area contributed by atoms with Gasteiger partial charge in [0.1, 0.15) is 17.3 Å². The van der Waals surface area contributed by atoms with E-state index in [-0.39, 0.29) is 11.6 Å². The van der Waals surface area contributed by atoms with E-state index >= 15 is 0 Å². The molecule has 2 aromatic rings. The van der Waals surface area contributed by atoms with Gasteiger partial charge in [-0.05, 0) is 43.0 Å². The molecule has 7 heteroatoms. The maximum Gasteiger partial charge on any atom is 0.266 e. The number of carbonyl (C=O) groups is 1. The zero-order valence-corrected chi connectivity index (χ0v) is 15.0. The highest BCUT2D eigenvalue weighted by Gasteiger charge is 2.30. The second-order valence-corrected chi connectivity index (χ2v) is 6.44. The highest BCUT2D eigenvalue weighted by atomic mass is 32.2. The molecule has 3 rings (SSSR count). The van der Waals surface area contributed by atoms with Crippen LogP contribution in [0.25, 0.3) is 6.08 Å². The normalized spacial score (nSPS) is 17.4. The van der Waals surface area contributed by atoms with Gasteiger partial charge in [-0.3, -0.25) is 9.69 Å². The number of hydrogen-bond donors (Lipinski definition) is 0. The third kappa shape index (κ3) is 3.77. The van der Waals surface area contributed by atoms with Crippen molar-refractivity contribution in [2.24, 2.45) is 4.99 Å². The topological polar surface area (TPSA) is 41.9 Å². The molecule has 0 saturated carbocycles. The van der Waals surface area contributed by atoms with Gasteiger partial charge in [0.15, 0.2) is 11.0 Å². The van der Waals surface area contributed by atoms with E-state index in [0.29, 0.717) is 22.4 Å². The standard InChI is InChI=1S/C19H16F2N2O2S/c1-3-25-16-7-5-4-6-12(16)10-17-18(24)23(2)19(26-17)22-15-9-8-13(20)11-14(15)21/h4-11H,3H2,1-2H3/b17-10+,22-19?. The molecular weight excluding hydrogens is 358 g/mol. The number of nitrogens with zero attached hydrogens (tertiary/aromatic N) is 2. The minimum absolute atomic E-state index is 0.0236. The Morgan fingerprint density at radius 1 is 1.23 bits per heavy atom. The number of hydrogen-bond acceptors (Lipinski definition) is 4. The summed E-state index contributed by atoms with van der Waals surface area (Å²) in [5.74, 6) is -1.03. The maximum absolute atomic E-state index is 13.8. The summed E-state index contributed by atoms with van der Waals surface area (Å²) in [6.45, 7) is 2.40. The summed E-state index contributed by atoms with van der Waals surface area (Å²) in [5.41, 5.74) is 0.748. The van der Waals surface area contributed by atoms with E-state index in [9.17, 15) is 13.6 Å². The first kappa shape index (κ1) is 18.1. The Hall–Kier alpha value is -2.67. The smallest absolute Gasteiger partial charge is 0.266 e. The first-order chi connectivity index (χ1) is 12.5. The summed E-state index contributed by atoms with van der Waals surface area (Å²) in [6.07, 6.45) is 1.72. The number of para-hydroxylation sites is 1. The molecule has 0 atom stereocenters. The highest BCUT2D eigenvalue weighted by Crippen LogP contribution is 2.35. The molecule has 134 valence electrons. The van der Waals surface area contributed by atoms with E-state index in [2.05, 4.69) is 4.99 Å². The van der Waals surface area contributed by atoms with Gasteiger partial charge >= 0.3 is 0 Å². The molecule has 1 saturated heterocycles. The number of likely N-dealkylation sites (N-methyl/N-ethyl adjacent to an activating group) is 1. The fourth-order valence-corrected chi connectivity index (χ4v) is 3.33. The van der Waals surface area contributed by atoms with E-state index in [0.717, 1.165) is 29.5 Å². The van der Waals surface area contributed by atoms with E-state index in [4.69, 9.17) is 4.74 Å². The van der Waals surface area contributed by atoms with Gasteiger partial charge in [0.05, 0.1) is 11.5 Å². The molecular formula is C19H16F2N2O2S. The molecule has 2 aromatic carbocycles. The van der Waals surface area contributed by atoms with Gasteiger partial charge in [0.2, 0.25) is 0 Å². The molecule has 0 spiro atoms. The summed E-state index contributed by atoms with van der Waals surface area (Å²) >= 11 is 1.13. The van der Waals surface area contributed by atoms with Crippen LogP contribution < -0.4 is 4.74 Å². The minimum Gasteiger partial charge on any atom is -0.493 e. The fraction of sp³-hybridized carbons (Fsp3) is 0.158. The van der Waals surface area contributed by atoms with Crippen LogP contribution in [0.3, 0.4) is 0 Å². The molecule has 26 heavy (non-hydrogen) atoms. The number of benzene rings is 2. The minimum atomic E-state index is -0.780. The summed E-state index contributed by atoms with van der Waals surface area (Å²) in [7, 11) is 1.56. The highest BCUT2D eigenvalue weighted by molar-refractivity contribution is 8.18. The second-order valence-electron chi connectivity index (χ2n) is 5.44. The Morgan fingerprint density at radius 3 is 2.73 bits per heavy atom. The van der Waals surface area contributed by atoms with E-state index in [1.54, 1.807) is 13.1 Å². The molecule has 1 aliphatic heterocycles. The predicted molar refractivity (Wildman–Crippen MR) is 99.4 cm³/mol. The maximum atomic E-state index is 13.8. The molecule has 1 fully saturated rings. The van der Waals surface area contributed by atoms with Crippen LogP contribution in [0.4, 0.5) is 14.5 Å². The lowest BCUT2D eigenvalue weighted by Crippen LogP contribution is -2.23. The Morgan fingerprint density at radius 2 is 2.00 bits per heavy atom. The van der Waals surface area contributed by atoms with Crippen molar-refractivity contribution >= 4 is 34.6 Å². The number of amidine groups is 1. The zero-order chi connectivity index (χ0) is 18.7. The number of ether oxygens (including phenoxy) is 1. The molecule has 0 aliphatic carbocycles. The summed E-state index contributed by atoms with van der Waals surface area (Å²) in [5, 5.41) is 0.320. The number of carbonyl (C=O) groups excluding carboxylic acids is 1. The Bertz CT molecular complexity index is 912. The molecule has 1 heterocycles. The third-order valence-electron chi connectivity index (χ3n) is 3.63. The fourth-order valence-electron chi connectivity index (χ4n) is 2.35. The van der Waals surface area contributed by atoms with Crippen LogP contribution >= 0.6 is 11.8 Å².